The number of hydrogen-bond acceptors (Lipinski definition) is 19. The molecule has 0 aromatic carbocycles. The number of rotatable bonds is 25. The zero-order valence-corrected chi connectivity index (χ0v) is 46.7. The summed E-state index contributed by atoms with van der Waals surface area (Å²) in [6.07, 6.45) is 24.2. The zero-order chi connectivity index (χ0) is 59.5. The van der Waals surface area contributed by atoms with Crippen molar-refractivity contribution >= 4 is 58.4 Å². The Hall–Kier alpha value is -7.06. The van der Waals surface area contributed by atoms with E-state index in [1.54, 1.807) is 79.0 Å². The maximum atomic E-state index is 10.8. The summed E-state index contributed by atoms with van der Waals surface area (Å²) in [6, 6.07) is 6.88. The SMILES string of the molecule is CC(O)c1ccco1.CCC(=O)/C=C/C(=O)CC.CCC(=O)/C=C/C(C)O.CCC(=O)c1ccco1.CCCC(=O)/C=C/CO.CCCCC(=O)/C=C/CO.CCOC(=O)/C=C/C(=O)CC.COC(=O)/C=C/C(=O)OC. The number of aliphatic hydroxyl groups excluding tert-OH is 4. The van der Waals surface area contributed by atoms with Crippen LogP contribution >= 0.6 is 0 Å². The Bertz CT molecular complexity index is 1940. The van der Waals surface area contributed by atoms with Crippen LogP contribution in [0.4, 0.5) is 0 Å². The van der Waals surface area contributed by atoms with Gasteiger partial charge in [0.15, 0.2) is 46.2 Å². The molecule has 2 atom stereocenters. The highest BCUT2D eigenvalue weighted by atomic mass is 16.5. The summed E-state index contributed by atoms with van der Waals surface area (Å²) in [5, 5.41) is 34.0. The number of esters is 3. The number of Topliss-reactive ketones (excluding diaryl/α,β-unsaturated/α-hetero) is 1. The van der Waals surface area contributed by atoms with Gasteiger partial charge in [0.2, 0.25) is 0 Å². The quantitative estimate of drug-likeness (QED) is 0.0312. The van der Waals surface area contributed by atoms with Crippen LogP contribution in [0.5, 0.6) is 0 Å². The summed E-state index contributed by atoms with van der Waals surface area (Å²) in [5.41, 5.74) is 0. The van der Waals surface area contributed by atoms with Crippen LogP contribution in [-0.4, -0.2) is 119 Å². The van der Waals surface area contributed by atoms with Gasteiger partial charge in [-0.15, -0.1) is 0 Å². The average Bonchev–Trinajstić information content (AvgIpc) is 4.19. The topological polar surface area (TPSA) is 306 Å². The first-order valence-electron chi connectivity index (χ1n) is 24.8. The normalized spacial score (nSPS) is 10.9. The molecule has 4 N–H and O–H groups in total. The van der Waals surface area contributed by atoms with Crippen LogP contribution in [0.25, 0.3) is 0 Å². The molecule has 19 heteroatoms. The number of furan rings is 2. The van der Waals surface area contributed by atoms with E-state index in [0.29, 0.717) is 63.1 Å². The lowest BCUT2D eigenvalue weighted by molar-refractivity contribution is -0.137. The van der Waals surface area contributed by atoms with E-state index < -0.39 is 30.1 Å². The van der Waals surface area contributed by atoms with Crippen LogP contribution < -0.4 is 0 Å². The first-order chi connectivity index (χ1) is 36.0. The van der Waals surface area contributed by atoms with E-state index in [9.17, 15) is 47.9 Å². The minimum Gasteiger partial charge on any atom is -0.467 e. The molecule has 2 unspecified atom stereocenters. The van der Waals surface area contributed by atoms with Crippen molar-refractivity contribution in [3.8, 4) is 0 Å². The van der Waals surface area contributed by atoms with Gasteiger partial charge >= 0.3 is 17.9 Å². The monoisotopic (exact) mass is 1070 g/mol. The fourth-order valence-electron chi connectivity index (χ4n) is 3.80. The largest absolute Gasteiger partial charge is 0.467 e. The molecule has 76 heavy (non-hydrogen) atoms. The van der Waals surface area contributed by atoms with Gasteiger partial charge in [0.25, 0.3) is 0 Å². The molecule has 0 aliphatic carbocycles. The Morgan fingerprint density at radius 1 is 0.513 bits per heavy atom. The molecule has 0 amide bonds. The third-order valence-corrected chi connectivity index (χ3v) is 8.02. The number of hydrogen-bond donors (Lipinski definition) is 4. The Balaban J connectivity index is -0.000000184. The van der Waals surface area contributed by atoms with Crippen molar-refractivity contribution in [3.05, 3.63) is 121 Å². The lowest BCUT2D eigenvalue weighted by Crippen LogP contribution is -2.00. The molecule has 0 aliphatic rings. The molecule has 0 radical (unpaired) electrons. The van der Waals surface area contributed by atoms with E-state index in [1.165, 1.54) is 75.2 Å². The summed E-state index contributed by atoms with van der Waals surface area (Å²) < 4.78 is 22.7. The van der Waals surface area contributed by atoms with Gasteiger partial charge in [0.05, 0.1) is 52.7 Å². The Kier molecular flexibility index (Phi) is 63.9. The van der Waals surface area contributed by atoms with Gasteiger partial charge in [-0.05, 0) is 94.3 Å². The van der Waals surface area contributed by atoms with Crippen LogP contribution in [0, 0.1) is 0 Å². The van der Waals surface area contributed by atoms with Gasteiger partial charge in [-0.3, -0.25) is 33.6 Å². The second-order valence-electron chi connectivity index (χ2n) is 14.6. The van der Waals surface area contributed by atoms with Gasteiger partial charge in [-0.2, -0.15) is 0 Å². The predicted octanol–water partition coefficient (Wildman–Crippen LogP) is 8.78. The molecule has 0 saturated carbocycles. The van der Waals surface area contributed by atoms with E-state index in [4.69, 9.17) is 29.3 Å². The number of ketones is 7. The van der Waals surface area contributed by atoms with Gasteiger partial charge in [-0.25, -0.2) is 14.4 Å². The van der Waals surface area contributed by atoms with Crippen LogP contribution in [-0.2, 0) is 57.4 Å². The molecule has 2 aromatic rings. The van der Waals surface area contributed by atoms with Crippen molar-refractivity contribution in [3.63, 3.8) is 0 Å². The van der Waals surface area contributed by atoms with E-state index >= 15 is 0 Å². The summed E-state index contributed by atoms with van der Waals surface area (Å²) in [6.45, 7) is 18.1. The van der Waals surface area contributed by atoms with Gasteiger partial charge in [-0.1, -0.05) is 73.1 Å². The summed E-state index contributed by atoms with van der Waals surface area (Å²) in [4.78, 5) is 106. The maximum Gasteiger partial charge on any atom is 0.330 e. The third kappa shape index (κ3) is 65.0. The van der Waals surface area contributed by atoms with Crippen molar-refractivity contribution in [2.45, 2.75) is 146 Å². The summed E-state index contributed by atoms with van der Waals surface area (Å²) in [5.74, 6) is -0.312. The Labute approximate surface area is 449 Å². The zero-order valence-electron chi connectivity index (χ0n) is 46.7. The smallest absolute Gasteiger partial charge is 0.330 e. The highest BCUT2D eigenvalue weighted by Gasteiger charge is 2.03. The number of ether oxygens (including phenoxy) is 3. The minimum atomic E-state index is -0.578. The first-order valence-corrected chi connectivity index (χ1v) is 24.8. The van der Waals surface area contributed by atoms with Gasteiger partial charge < -0.3 is 43.5 Å². The molecule has 19 nitrogen and oxygen atoms in total. The summed E-state index contributed by atoms with van der Waals surface area (Å²) in [7, 11) is 2.45. The van der Waals surface area contributed by atoms with E-state index in [2.05, 4.69) is 14.2 Å². The van der Waals surface area contributed by atoms with E-state index in [1.807, 2.05) is 20.8 Å². The number of allylic oxidation sites excluding steroid dienone is 6. The molecule has 0 saturated heterocycles. The average molecular weight is 1080 g/mol. The second kappa shape index (κ2) is 60.5. The number of methoxy groups -OCH3 is 2. The number of aliphatic hydroxyl groups is 4. The van der Waals surface area contributed by atoms with Crippen molar-refractivity contribution in [1.82, 2.24) is 0 Å². The molecule has 428 valence electrons. The Morgan fingerprint density at radius 2 is 0.934 bits per heavy atom. The lowest BCUT2D eigenvalue weighted by atomic mass is 10.2. The van der Waals surface area contributed by atoms with Crippen molar-refractivity contribution in [2.24, 2.45) is 0 Å². The molecule has 0 bridgehead atoms. The molecule has 2 heterocycles. The van der Waals surface area contributed by atoms with Gasteiger partial charge in [0.1, 0.15) is 11.9 Å². The lowest BCUT2D eigenvalue weighted by Gasteiger charge is -1.94. The van der Waals surface area contributed by atoms with Crippen molar-refractivity contribution in [1.29, 1.82) is 0 Å². The maximum absolute atomic E-state index is 10.8. The van der Waals surface area contributed by atoms with Crippen LogP contribution in [0.15, 0.2) is 119 Å². The molecule has 0 aliphatic heterocycles. The van der Waals surface area contributed by atoms with Crippen LogP contribution in [0.1, 0.15) is 156 Å². The van der Waals surface area contributed by atoms with Crippen molar-refractivity contribution < 1.29 is 91.4 Å². The Morgan fingerprint density at radius 3 is 1.25 bits per heavy atom. The van der Waals surface area contributed by atoms with Crippen LogP contribution in [0.2, 0.25) is 0 Å². The number of carbonyl (C=O) groups is 10. The highest BCUT2D eigenvalue weighted by Crippen LogP contribution is 2.10. The molecule has 2 aromatic heterocycles. The molecule has 0 fully saturated rings. The minimum absolute atomic E-state index is 0.00167. The van der Waals surface area contributed by atoms with E-state index in [-0.39, 0.29) is 53.7 Å². The fourth-order valence-corrected chi connectivity index (χ4v) is 3.80. The highest BCUT2D eigenvalue weighted by molar-refractivity contribution is 5.98. The third-order valence-electron chi connectivity index (χ3n) is 8.02. The standard InChI is InChI=1S/C8H12O3.C8H12O2.C8H14O2.C7H8O2.2C7H12O2.C6H8O4.C6H8O2/c1-3-7(9)5-6-8(10)11-4-2;1-3-7(9)5-6-8(10)4-2;1-2-3-5-8(10)6-4-7-9;1-2-6(8)7-4-3-5-9-7;1-3-7(9)5-4-6(2)8;1-2-4-7(9)5-3-6-8;1-9-5(7)3-4-6(8)10-2;1-5(7)6-3-2-4-8-6/h5-6H,3-4H2,1-2H3;5-6H,3-4H2,1-2H3;4,6,9H,2-3,5,7H2,1H3;3-5H,2H2,1H3;4-6,8H,3H2,1-2H3;3,5,8H,2,4,6H2,1H3;3-4H,1-2H3;2-5,7H,1H3/b2*6-5+;6-4+;;5-4+;5-3+;4-3+;. The summed E-state index contributed by atoms with van der Waals surface area (Å²) >= 11 is 0. The predicted molar refractivity (Wildman–Crippen MR) is 290 cm³/mol. The molecular formula is C57H86O19. The van der Waals surface area contributed by atoms with E-state index in [0.717, 1.165) is 37.5 Å². The number of unbranched alkanes of at least 4 members (excludes halogenated alkanes) is 1. The van der Waals surface area contributed by atoms with Crippen LogP contribution in [0.3, 0.4) is 0 Å². The molecule has 0 spiro atoms. The molecular weight excluding hydrogens is 989 g/mol. The fraction of sp³-hybridized carbons (Fsp3) is 0.474. The van der Waals surface area contributed by atoms with Crippen molar-refractivity contribution in [2.75, 3.05) is 34.0 Å². The second-order valence-corrected chi connectivity index (χ2v) is 14.6. The number of carbonyl (C=O) groups excluding carboxylic acids is 10. The molecule has 2 rings (SSSR count). The first kappa shape index (κ1) is 80.3. The van der Waals surface area contributed by atoms with Gasteiger partial charge in [0, 0.05) is 63.2 Å².